The van der Waals surface area contributed by atoms with Crippen LogP contribution in [0.4, 0.5) is 0 Å². The molecule has 1 unspecified atom stereocenters. The lowest BCUT2D eigenvalue weighted by molar-refractivity contribution is -0.131. The van der Waals surface area contributed by atoms with E-state index < -0.39 is 5.41 Å². The van der Waals surface area contributed by atoms with Gasteiger partial charge in [0.1, 0.15) is 0 Å². The number of benzene rings is 1. The molecular formula is C18H26ClNO3. The van der Waals surface area contributed by atoms with E-state index in [2.05, 4.69) is 19.2 Å². The van der Waals surface area contributed by atoms with Gasteiger partial charge in [0, 0.05) is 18.2 Å². The summed E-state index contributed by atoms with van der Waals surface area (Å²) in [6, 6.07) is 7.26. The molecule has 0 spiro atoms. The standard InChI is InChI=1S/C18H26ClNO3/c1-13(2)11-16(12-21)20-17(22)18(7-9-23-10-8-18)14-3-5-15(19)6-4-14/h3-6,13,16,21H,7-12H2,1-2H3,(H,20,22). The zero-order valence-electron chi connectivity index (χ0n) is 13.8. The van der Waals surface area contributed by atoms with Gasteiger partial charge in [0.2, 0.25) is 5.91 Å². The first-order chi connectivity index (χ1) is 11.0. The van der Waals surface area contributed by atoms with Crippen LogP contribution in [-0.2, 0) is 14.9 Å². The van der Waals surface area contributed by atoms with Gasteiger partial charge in [-0.3, -0.25) is 4.79 Å². The lowest BCUT2D eigenvalue weighted by atomic mass is 9.73. The Kier molecular flexibility index (Phi) is 6.45. The van der Waals surface area contributed by atoms with Gasteiger partial charge in [0.25, 0.3) is 0 Å². The van der Waals surface area contributed by atoms with E-state index in [1.54, 1.807) is 0 Å². The lowest BCUT2D eigenvalue weighted by Crippen LogP contribution is -2.52. The fraction of sp³-hybridized carbons (Fsp3) is 0.611. The predicted octanol–water partition coefficient (Wildman–Crippen LogP) is 2.91. The maximum atomic E-state index is 13.0. The third-order valence-electron chi connectivity index (χ3n) is 4.49. The molecule has 1 fully saturated rings. The van der Waals surface area contributed by atoms with Gasteiger partial charge in [0.15, 0.2) is 0 Å². The summed E-state index contributed by atoms with van der Waals surface area (Å²) in [6.07, 6.45) is 2.04. The first-order valence-electron chi connectivity index (χ1n) is 8.23. The highest BCUT2D eigenvalue weighted by Gasteiger charge is 2.42. The Bertz CT molecular complexity index is 510. The summed E-state index contributed by atoms with van der Waals surface area (Å²) in [7, 11) is 0. The molecular weight excluding hydrogens is 314 g/mol. The van der Waals surface area contributed by atoms with Crippen molar-refractivity contribution >= 4 is 17.5 Å². The van der Waals surface area contributed by atoms with Crippen molar-refractivity contribution in [3.63, 3.8) is 0 Å². The minimum Gasteiger partial charge on any atom is -0.394 e. The Hall–Kier alpha value is -1.10. The molecule has 1 aromatic carbocycles. The van der Waals surface area contributed by atoms with Gasteiger partial charge in [-0.15, -0.1) is 0 Å². The fourth-order valence-electron chi connectivity index (χ4n) is 3.21. The second kappa shape index (κ2) is 8.13. The molecule has 1 amide bonds. The average Bonchev–Trinajstić information content (AvgIpc) is 2.55. The largest absolute Gasteiger partial charge is 0.394 e. The number of carbonyl (C=O) groups excluding carboxylic acids is 1. The molecule has 1 aliphatic heterocycles. The predicted molar refractivity (Wildman–Crippen MR) is 91.7 cm³/mol. The molecule has 128 valence electrons. The third kappa shape index (κ3) is 4.46. The average molecular weight is 340 g/mol. The van der Waals surface area contributed by atoms with Crippen LogP contribution < -0.4 is 5.32 Å². The molecule has 0 radical (unpaired) electrons. The van der Waals surface area contributed by atoms with Gasteiger partial charge < -0.3 is 15.2 Å². The molecule has 0 bridgehead atoms. The normalized spacial score (nSPS) is 18.7. The number of halogens is 1. The van der Waals surface area contributed by atoms with Crippen molar-refractivity contribution in [1.82, 2.24) is 5.32 Å². The first-order valence-corrected chi connectivity index (χ1v) is 8.61. The van der Waals surface area contributed by atoms with Crippen molar-refractivity contribution in [2.45, 2.75) is 44.6 Å². The first kappa shape index (κ1) is 18.2. The maximum absolute atomic E-state index is 13.0. The molecule has 2 rings (SSSR count). The third-order valence-corrected chi connectivity index (χ3v) is 4.74. The Balaban J connectivity index is 2.23. The van der Waals surface area contributed by atoms with Gasteiger partial charge in [-0.05, 0) is 42.9 Å². The molecule has 2 N–H and O–H groups in total. The number of nitrogens with one attached hydrogen (secondary N) is 1. The van der Waals surface area contributed by atoms with Crippen LogP contribution in [0.3, 0.4) is 0 Å². The van der Waals surface area contributed by atoms with Crippen LogP contribution in [0.15, 0.2) is 24.3 Å². The number of rotatable bonds is 6. The molecule has 23 heavy (non-hydrogen) atoms. The topological polar surface area (TPSA) is 58.6 Å². The summed E-state index contributed by atoms with van der Waals surface area (Å²) in [6.45, 7) is 5.24. The van der Waals surface area contributed by atoms with Crippen molar-refractivity contribution in [3.8, 4) is 0 Å². The highest BCUT2D eigenvalue weighted by atomic mass is 35.5. The maximum Gasteiger partial charge on any atom is 0.231 e. The quantitative estimate of drug-likeness (QED) is 0.837. The molecule has 1 atom stereocenters. The molecule has 0 aromatic heterocycles. The Labute approximate surface area is 143 Å². The molecule has 0 aliphatic carbocycles. The SMILES string of the molecule is CC(C)CC(CO)NC(=O)C1(c2ccc(Cl)cc2)CCOCC1. The monoisotopic (exact) mass is 339 g/mol. The van der Waals surface area contributed by atoms with Crippen LogP contribution in [0.1, 0.15) is 38.7 Å². The van der Waals surface area contributed by atoms with Crippen LogP contribution in [0.25, 0.3) is 0 Å². The molecule has 1 aliphatic rings. The van der Waals surface area contributed by atoms with Gasteiger partial charge in [-0.25, -0.2) is 0 Å². The molecule has 4 nitrogen and oxygen atoms in total. The number of amides is 1. The van der Waals surface area contributed by atoms with Crippen molar-refractivity contribution in [1.29, 1.82) is 0 Å². The van der Waals surface area contributed by atoms with Gasteiger partial charge in [-0.1, -0.05) is 37.6 Å². The molecule has 1 aromatic rings. The number of carbonyl (C=O) groups is 1. The van der Waals surface area contributed by atoms with Crippen LogP contribution in [0.2, 0.25) is 5.02 Å². The van der Waals surface area contributed by atoms with E-state index in [9.17, 15) is 9.90 Å². The number of aliphatic hydroxyl groups excluding tert-OH is 1. The van der Waals surface area contributed by atoms with Crippen LogP contribution in [-0.4, -0.2) is 36.9 Å². The van der Waals surface area contributed by atoms with E-state index in [0.717, 1.165) is 12.0 Å². The number of hydrogen-bond acceptors (Lipinski definition) is 3. The molecule has 0 saturated carbocycles. The summed E-state index contributed by atoms with van der Waals surface area (Å²) in [5.41, 5.74) is 0.358. The lowest BCUT2D eigenvalue weighted by Gasteiger charge is -2.37. The number of aliphatic hydroxyl groups is 1. The molecule has 1 saturated heterocycles. The summed E-state index contributed by atoms with van der Waals surface area (Å²) < 4.78 is 5.46. The summed E-state index contributed by atoms with van der Waals surface area (Å²) in [5.74, 6) is 0.386. The van der Waals surface area contributed by atoms with E-state index >= 15 is 0 Å². The van der Waals surface area contributed by atoms with E-state index in [1.165, 1.54) is 0 Å². The van der Waals surface area contributed by atoms with E-state index in [-0.39, 0.29) is 18.6 Å². The summed E-state index contributed by atoms with van der Waals surface area (Å²) in [4.78, 5) is 13.0. The van der Waals surface area contributed by atoms with E-state index in [1.807, 2.05) is 24.3 Å². The van der Waals surface area contributed by atoms with E-state index in [0.29, 0.717) is 37.0 Å². The Morgan fingerprint density at radius 1 is 1.30 bits per heavy atom. The highest BCUT2D eigenvalue weighted by molar-refractivity contribution is 6.30. The fourth-order valence-corrected chi connectivity index (χ4v) is 3.33. The smallest absolute Gasteiger partial charge is 0.231 e. The molecule has 5 heteroatoms. The second-order valence-electron chi connectivity index (χ2n) is 6.68. The Morgan fingerprint density at radius 3 is 2.43 bits per heavy atom. The minimum absolute atomic E-state index is 0.0252. The van der Waals surface area contributed by atoms with Crippen molar-refractivity contribution in [2.75, 3.05) is 19.8 Å². The minimum atomic E-state index is -0.604. The zero-order chi connectivity index (χ0) is 16.9. The number of hydrogen-bond donors (Lipinski definition) is 2. The number of ether oxygens (including phenoxy) is 1. The molecule has 1 heterocycles. The summed E-state index contributed by atoms with van der Waals surface area (Å²) >= 11 is 5.98. The Morgan fingerprint density at radius 2 is 1.91 bits per heavy atom. The van der Waals surface area contributed by atoms with Crippen LogP contribution in [0.5, 0.6) is 0 Å². The van der Waals surface area contributed by atoms with Crippen LogP contribution in [0, 0.1) is 5.92 Å². The summed E-state index contributed by atoms with van der Waals surface area (Å²) in [5, 5.41) is 13.3. The van der Waals surface area contributed by atoms with E-state index in [4.69, 9.17) is 16.3 Å². The highest BCUT2D eigenvalue weighted by Crippen LogP contribution is 2.36. The van der Waals surface area contributed by atoms with Gasteiger partial charge in [-0.2, -0.15) is 0 Å². The van der Waals surface area contributed by atoms with Crippen molar-refractivity contribution in [3.05, 3.63) is 34.9 Å². The van der Waals surface area contributed by atoms with Crippen molar-refractivity contribution in [2.24, 2.45) is 5.92 Å². The van der Waals surface area contributed by atoms with Crippen molar-refractivity contribution < 1.29 is 14.6 Å². The van der Waals surface area contributed by atoms with Crippen LogP contribution >= 0.6 is 11.6 Å². The van der Waals surface area contributed by atoms with Gasteiger partial charge >= 0.3 is 0 Å². The van der Waals surface area contributed by atoms with Gasteiger partial charge in [0.05, 0.1) is 18.1 Å². The zero-order valence-corrected chi connectivity index (χ0v) is 14.6. The second-order valence-corrected chi connectivity index (χ2v) is 7.12.